The first-order chi connectivity index (χ1) is 12.5. The number of carbonyl (C=O) groups is 1. The highest BCUT2D eigenvalue weighted by Crippen LogP contribution is 2.19. The Balaban J connectivity index is 1.79. The smallest absolute Gasteiger partial charge is 0.303 e. The molecular weight excluding hydrogens is 336 g/mol. The van der Waals surface area contributed by atoms with E-state index < -0.39 is 10.8 Å². The highest BCUT2D eigenvalue weighted by molar-refractivity contribution is 6.05. The van der Waals surface area contributed by atoms with Crippen LogP contribution < -0.4 is 5.32 Å². The summed E-state index contributed by atoms with van der Waals surface area (Å²) in [7, 11) is 0. The molecule has 0 bridgehead atoms. The second kappa shape index (κ2) is 7.18. The largest absolute Gasteiger partial charge is 0.320 e. The molecule has 3 rings (SSSR count). The van der Waals surface area contributed by atoms with E-state index in [0.29, 0.717) is 18.9 Å². The SMILES string of the molecule is CCn1cc([N+](=O)[O-])c(C(=O)Nc2cc(C)n(Cc3ccccc3)n2)n1. The van der Waals surface area contributed by atoms with Crippen LogP contribution in [0.25, 0.3) is 0 Å². The van der Waals surface area contributed by atoms with Crippen LogP contribution in [-0.2, 0) is 13.1 Å². The molecule has 9 nitrogen and oxygen atoms in total. The molecule has 0 radical (unpaired) electrons. The molecule has 0 aliphatic heterocycles. The second-order valence-electron chi connectivity index (χ2n) is 5.74. The highest BCUT2D eigenvalue weighted by atomic mass is 16.6. The predicted octanol–water partition coefficient (Wildman–Crippen LogP) is 2.62. The van der Waals surface area contributed by atoms with Gasteiger partial charge in [-0.3, -0.25) is 24.3 Å². The van der Waals surface area contributed by atoms with Crippen molar-refractivity contribution in [2.45, 2.75) is 26.9 Å². The number of benzene rings is 1. The molecule has 3 aromatic rings. The molecule has 1 aromatic carbocycles. The van der Waals surface area contributed by atoms with Crippen LogP contribution in [0.15, 0.2) is 42.6 Å². The first-order valence-electron chi connectivity index (χ1n) is 8.09. The van der Waals surface area contributed by atoms with E-state index in [4.69, 9.17) is 0 Å². The Morgan fingerprint density at radius 1 is 1.27 bits per heavy atom. The van der Waals surface area contributed by atoms with E-state index in [1.54, 1.807) is 17.7 Å². The fraction of sp³-hybridized carbons (Fsp3) is 0.235. The lowest BCUT2D eigenvalue weighted by Crippen LogP contribution is -2.15. The zero-order valence-electron chi connectivity index (χ0n) is 14.4. The monoisotopic (exact) mass is 354 g/mol. The normalized spacial score (nSPS) is 10.7. The van der Waals surface area contributed by atoms with Crippen LogP contribution in [0.2, 0.25) is 0 Å². The summed E-state index contributed by atoms with van der Waals surface area (Å²) in [5.74, 6) is -0.336. The lowest BCUT2D eigenvalue weighted by Gasteiger charge is -2.04. The Hall–Kier alpha value is -3.49. The molecule has 0 saturated heterocycles. The van der Waals surface area contributed by atoms with Gasteiger partial charge < -0.3 is 5.32 Å². The van der Waals surface area contributed by atoms with E-state index >= 15 is 0 Å². The van der Waals surface area contributed by atoms with Gasteiger partial charge in [0.2, 0.25) is 5.69 Å². The Labute approximate surface area is 149 Å². The maximum Gasteiger partial charge on any atom is 0.320 e. The number of aryl methyl sites for hydroxylation is 2. The van der Waals surface area contributed by atoms with Gasteiger partial charge in [-0.15, -0.1) is 0 Å². The topological polar surface area (TPSA) is 108 Å². The number of nitro groups is 1. The summed E-state index contributed by atoms with van der Waals surface area (Å²) < 4.78 is 3.11. The maximum atomic E-state index is 12.4. The van der Waals surface area contributed by atoms with Crippen molar-refractivity contribution in [3.05, 3.63) is 69.7 Å². The van der Waals surface area contributed by atoms with Gasteiger partial charge in [-0.1, -0.05) is 30.3 Å². The summed E-state index contributed by atoms with van der Waals surface area (Å²) in [6.07, 6.45) is 1.24. The lowest BCUT2D eigenvalue weighted by atomic mass is 10.2. The van der Waals surface area contributed by atoms with Gasteiger partial charge >= 0.3 is 5.69 Å². The molecule has 1 N–H and O–H groups in total. The standard InChI is InChI=1S/C17H18N6O3/c1-3-21-11-14(23(25)26)16(20-21)17(24)18-15-9-12(2)22(19-15)10-13-7-5-4-6-8-13/h4-9,11H,3,10H2,1-2H3,(H,18,19,24). The second-order valence-corrected chi connectivity index (χ2v) is 5.74. The van der Waals surface area contributed by atoms with Gasteiger partial charge in [0, 0.05) is 18.3 Å². The van der Waals surface area contributed by atoms with E-state index in [2.05, 4.69) is 15.5 Å². The van der Waals surface area contributed by atoms with Gasteiger partial charge in [-0.2, -0.15) is 10.2 Å². The Morgan fingerprint density at radius 2 is 2.00 bits per heavy atom. The van der Waals surface area contributed by atoms with E-state index in [9.17, 15) is 14.9 Å². The van der Waals surface area contributed by atoms with Crippen LogP contribution in [-0.4, -0.2) is 30.4 Å². The number of hydrogen-bond donors (Lipinski definition) is 1. The van der Waals surface area contributed by atoms with E-state index in [-0.39, 0.29) is 11.4 Å². The lowest BCUT2D eigenvalue weighted by molar-refractivity contribution is -0.385. The Kier molecular flexibility index (Phi) is 4.78. The van der Waals surface area contributed by atoms with Crippen LogP contribution in [0.5, 0.6) is 0 Å². The van der Waals surface area contributed by atoms with E-state index in [1.807, 2.05) is 37.3 Å². The van der Waals surface area contributed by atoms with Crippen LogP contribution in [0.1, 0.15) is 28.7 Å². The third kappa shape index (κ3) is 3.61. The van der Waals surface area contributed by atoms with Crippen LogP contribution in [0, 0.1) is 17.0 Å². The number of rotatable bonds is 6. The number of nitrogens with one attached hydrogen (secondary N) is 1. The summed E-state index contributed by atoms with van der Waals surface area (Å²) in [6.45, 7) is 4.65. The molecule has 0 aliphatic rings. The van der Waals surface area contributed by atoms with E-state index in [1.165, 1.54) is 10.9 Å². The molecule has 2 aromatic heterocycles. The minimum absolute atomic E-state index is 0.230. The zero-order valence-corrected chi connectivity index (χ0v) is 14.4. The fourth-order valence-electron chi connectivity index (χ4n) is 2.53. The third-order valence-corrected chi connectivity index (χ3v) is 3.88. The first-order valence-corrected chi connectivity index (χ1v) is 8.09. The molecule has 0 spiro atoms. The quantitative estimate of drug-likeness (QED) is 0.541. The summed E-state index contributed by atoms with van der Waals surface area (Å²) in [4.78, 5) is 22.9. The van der Waals surface area contributed by atoms with Gasteiger partial charge in [0.25, 0.3) is 5.91 Å². The van der Waals surface area contributed by atoms with Crippen molar-refractivity contribution in [1.82, 2.24) is 19.6 Å². The number of aromatic nitrogens is 4. The van der Waals surface area contributed by atoms with Crippen molar-refractivity contribution >= 4 is 17.4 Å². The molecule has 0 aliphatic carbocycles. The summed E-state index contributed by atoms with van der Waals surface area (Å²) in [6, 6.07) is 11.5. The van der Waals surface area contributed by atoms with Crippen molar-refractivity contribution in [1.29, 1.82) is 0 Å². The van der Waals surface area contributed by atoms with Crippen LogP contribution in [0.4, 0.5) is 11.5 Å². The number of amides is 1. The highest BCUT2D eigenvalue weighted by Gasteiger charge is 2.26. The fourth-order valence-corrected chi connectivity index (χ4v) is 2.53. The third-order valence-electron chi connectivity index (χ3n) is 3.88. The molecule has 26 heavy (non-hydrogen) atoms. The maximum absolute atomic E-state index is 12.4. The number of carbonyl (C=O) groups excluding carboxylic acids is 1. The molecule has 1 amide bonds. The molecule has 0 atom stereocenters. The Morgan fingerprint density at radius 3 is 2.65 bits per heavy atom. The minimum Gasteiger partial charge on any atom is -0.303 e. The average Bonchev–Trinajstić information content (AvgIpc) is 3.20. The van der Waals surface area contributed by atoms with Crippen molar-refractivity contribution in [3.63, 3.8) is 0 Å². The van der Waals surface area contributed by atoms with Crippen LogP contribution >= 0.6 is 0 Å². The van der Waals surface area contributed by atoms with Gasteiger partial charge in [0.15, 0.2) is 5.82 Å². The molecule has 134 valence electrons. The van der Waals surface area contributed by atoms with Crippen molar-refractivity contribution in [3.8, 4) is 0 Å². The van der Waals surface area contributed by atoms with Gasteiger partial charge in [-0.05, 0) is 19.4 Å². The van der Waals surface area contributed by atoms with Crippen molar-refractivity contribution in [2.75, 3.05) is 5.32 Å². The van der Waals surface area contributed by atoms with E-state index in [0.717, 1.165) is 11.3 Å². The van der Waals surface area contributed by atoms with Crippen molar-refractivity contribution in [2.24, 2.45) is 0 Å². The predicted molar refractivity (Wildman–Crippen MR) is 95.0 cm³/mol. The summed E-state index contributed by atoms with van der Waals surface area (Å²) >= 11 is 0. The summed E-state index contributed by atoms with van der Waals surface area (Å²) in [5.41, 5.74) is 1.38. The first kappa shape index (κ1) is 17.3. The molecular formula is C17H18N6O3. The Bertz CT molecular complexity index is 945. The van der Waals surface area contributed by atoms with Gasteiger partial charge in [0.1, 0.15) is 6.20 Å². The molecule has 0 saturated carbocycles. The molecule has 0 unspecified atom stereocenters. The van der Waals surface area contributed by atoms with Crippen LogP contribution in [0.3, 0.4) is 0 Å². The van der Waals surface area contributed by atoms with Gasteiger partial charge in [-0.25, -0.2) is 0 Å². The molecule has 2 heterocycles. The number of anilines is 1. The molecule has 9 heteroatoms. The number of nitrogens with zero attached hydrogens (tertiary/aromatic N) is 5. The number of hydrogen-bond acceptors (Lipinski definition) is 5. The summed E-state index contributed by atoms with van der Waals surface area (Å²) in [5, 5.41) is 22.0. The zero-order chi connectivity index (χ0) is 18.7. The minimum atomic E-state index is -0.659. The molecule has 0 fully saturated rings. The van der Waals surface area contributed by atoms with Gasteiger partial charge in [0.05, 0.1) is 11.5 Å². The van der Waals surface area contributed by atoms with Crippen molar-refractivity contribution < 1.29 is 9.72 Å². The average molecular weight is 354 g/mol.